The largest absolute Gasteiger partial charge is 0.394 e. The predicted octanol–water partition coefficient (Wildman–Crippen LogP) is -4.55. The van der Waals surface area contributed by atoms with E-state index in [4.69, 9.17) is 17.2 Å². The minimum atomic E-state index is -1.78. The van der Waals surface area contributed by atoms with Gasteiger partial charge in [-0.25, -0.2) is 0 Å². The molecule has 12 amide bonds. The topological polar surface area (TPSA) is 480 Å². The van der Waals surface area contributed by atoms with E-state index in [0.29, 0.717) is 25.7 Å². The number of carbonyl (C=O) groups is 12. The summed E-state index contributed by atoms with van der Waals surface area (Å²) < 4.78 is 0. The molecule has 0 aliphatic carbocycles. The second kappa shape index (κ2) is 38.9. The number of rotatable bonds is 35. The summed E-state index contributed by atoms with van der Waals surface area (Å²) in [4.78, 5) is 168. The summed E-state index contributed by atoms with van der Waals surface area (Å²) in [6.45, 7) is 10.9. The van der Waals surface area contributed by atoms with Crippen LogP contribution in [-0.4, -0.2) is 187 Å². The van der Waals surface area contributed by atoms with Crippen LogP contribution in [0.15, 0.2) is 35.3 Å². The number of nitrogens with zero attached hydrogens (tertiary/aromatic N) is 1. The maximum absolute atomic E-state index is 14.4. The van der Waals surface area contributed by atoms with Crippen molar-refractivity contribution in [2.75, 3.05) is 33.4 Å². The Morgan fingerprint density at radius 3 is 1.54 bits per heavy atom. The Labute approximate surface area is 508 Å². The number of carbonyl (C=O) groups excluding carboxylic acids is 12. The molecule has 2 rings (SSSR count). The molecule has 0 unspecified atom stereocenters. The molecule has 1 aromatic carbocycles. The Morgan fingerprint density at radius 2 is 1.05 bits per heavy atom. The standard InChI is InChI=1S/C57H96N16O14/c1-10-14-21-35-47(78)63-27-39(51(82)64-33(8)46(77)65-36(48(79)66-35)22-18-25-62-57(59)60)68-53(84)41(29-75)70-55(86)44(31(6)12-3)73-56(87)45(32(7)13-4)71-49(80)37(23-24-42(58)76)67-52(83)40(28-74)69-54(85)43(30(5)11-2)72-50(81)38(61-9)26-34-19-16-15-17-20-34/h15-17,19-20,30-33,35-41,43-45,61,74-75H,10-14,18,21-29H2,1-9H3,(H2,58,76)(H,63,78)(H,64,82)(H,65,77)(H,66,79)(H,67,83)(H,68,84)(H,69,85)(H,70,86)(H,71,80)(H,72,81)(H,73,87)(H4,59,60,62)/t30-,31-,32-,33-,35-,36-,37+,38+,39+,40-,41-,43-,44-,45+/m0/s1. The van der Waals surface area contributed by atoms with E-state index < -0.39 is 188 Å². The molecular formula is C57H96N16O14. The first-order chi connectivity index (χ1) is 41.2. The maximum atomic E-state index is 14.4. The van der Waals surface area contributed by atoms with Crippen LogP contribution in [0.25, 0.3) is 0 Å². The van der Waals surface area contributed by atoms with Crippen LogP contribution in [0.5, 0.6) is 0 Å². The number of aliphatic hydroxyl groups excluding tert-OH is 2. The predicted molar refractivity (Wildman–Crippen MR) is 321 cm³/mol. The summed E-state index contributed by atoms with van der Waals surface area (Å²) in [6.07, 6.45) is 2.02. The Morgan fingerprint density at radius 1 is 0.586 bits per heavy atom. The van der Waals surface area contributed by atoms with Gasteiger partial charge in [0, 0.05) is 19.5 Å². The molecule has 0 aromatic heterocycles. The summed E-state index contributed by atoms with van der Waals surface area (Å²) in [5.41, 5.74) is 17.1. The highest BCUT2D eigenvalue weighted by atomic mass is 16.3. The monoisotopic (exact) mass is 1230 g/mol. The highest BCUT2D eigenvalue weighted by molar-refractivity contribution is 6.00. The zero-order valence-corrected chi connectivity index (χ0v) is 51.5. The molecule has 30 heteroatoms. The van der Waals surface area contributed by atoms with Gasteiger partial charge in [0.15, 0.2) is 5.96 Å². The molecule has 0 bridgehead atoms. The van der Waals surface area contributed by atoms with Crippen molar-refractivity contribution in [3.05, 3.63) is 35.9 Å². The summed E-state index contributed by atoms with van der Waals surface area (Å²) in [7, 11) is 1.60. The number of guanidine groups is 1. The molecule has 1 heterocycles. The van der Waals surface area contributed by atoms with Crippen LogP contribution < -0.4 is 81.0 Å². The van der Waals surface area contributed by atoms with E-state index in [1.54, 1.807) is 48.6 Å². The van der Waals surface area contributed by atoms with Gasteiger partial charge in [0.05, 0.1) is 19.3 Å². The quantitative estimate of drug-likeness (QED) is 0.0173. The molecule has 87 heavy (non-hydrogen) atoms. The number of hydrogen-bond donors (Lipinski definition) is 17. The lowest BCUT2D eigenvalue weighted by Crippen LogP contribution is -2.63. The second-order valence-corrected chi connectivity index (χ2v) is 22.0. The highest BCUT2D eigenvalue weighted by Gasteiger charge is 2.39. The van der Waals surface area contributed by atoms with Crippen molar-refractivity contribution in [1.29, 1.82) is 0 Å². The fourth-order valence-corrected chi connectivity index (χ4v) is 8.98. The van der Waals surface area contributed by atoms with Gasteiger partial charge in [0.1, 0.15) is 60.4 Å². The van der Waals surface area contributed by atoms with Crippen molar-refractivity contribution in [2.45, 2.75) is 192 Å². The van der Waals surface area contributed by atoms with Gasteiger partial charge in [-0.2, -0.15) is 0 Å². The first-order valence-electron chi connectivity index (χ1n) is 29.8. The molecule has 20 N–H and O–H groups in total. The van der Waals surface area contributed by atoms with Gasteiger partial charge < -0.3 is 91.2 Å². The van der Waals surface area contributed by atoms with Gasteiger partial charge in [-0.3, -0.25) is 62.5 Å². The van der Waals surface area contributed by atoms with E-state index in [2.05, 4.69) is 68.8 Å². The number of aliphatic imine (C=N–C) groups is 1. The first kappa shape index (κ1) is 75.1. The lowest BCUT2D eigenvalue weighted by Gasteiger charge is -2.31. The Bertz CT molecular complexity index is 2500. The van der Waals surface area contributed by atoms with E-state index >= 15 is 0 Å². The Hall–Kier alpha value is -7.99. The number of unbranched alkanes of at least 4 members (excludes halogenated alkanes) is 1. The molecule has 1 aliphatic rings. The molecule has 30 nitrogen and oxygen atoms in total. The first-order valence-corrected chi connectivity index (χ1v) is 29.8. The lowest BCUT2D eigenvalue weighted by atomic mass is 9.94. The van der Waals surface area contributed by atoms with Crippen LogP contribution in [0.3, 0.4) is 0 Å². The normalized spacial score (nSPS) is 19.9. The summed E-state index contributed by atoms with van der Waals surface area (Å²) in [6, 6.07) is -5.88. The van der Waals surface area contributed by atoms with Gasteiger partial charge in [-0.15, -0.1) is 0 Å². The minimum Gasteiger partial charge on any atom is -0.394 e. The number of benzene rings is 1. The number of hydrogen-bond acceptors (Lipinski definition) is 16. The fraction of sp³-hybridized carbons (Fsp3) is 0.667. The number of amides is 12. The third-order valence-electron chi connectivity index (χ3n) is 15.2. The van der Waals surface area contributed by atoms with Gasteiger partial charge in [0.25, 0.3) is 0 Å². The third kappa shape index (κ3) is 25.5. The Balaban J connectivity index is 2.37. The summed E-state index contributed by atoms with van der Waals surface area (Å²) >= 11 is 0. The minimum absolute atomic E-state index is 0.0551. The SMILES string of the molecule is CCCC[C@@H]1NC(=O)[C@H](CCCN=C(N)N)NC(=O)[C@H](C)NC(=O)[C@H](NC(=O)[C@H](CO)NC(=O)[C@@H](NC(=O)[C@H](NC(=O)[C@@H](CCC(N)=O)NC(=O)[C@H](CO)NC(=O)[C@@H](NC(=O)[C@@H](Cc2ccccc2)NC)[C@@H](C)CC)[C@@H](C)CC)[C@@H](C)CC)CNC1=O. The Kier molecular flexibility index (Phi) is 33.6. The number of likely N-dealkylation sites (N-methyl/N-ethyl adjacent to an activating group) is 1. The number of nitrogens with two attached hydrogens (primary N) is 3. The third-order valence-corrected chi connectivity index (χ3v) is 15.2. The molecule has 0 saturated carbocycles. The molecule has 0 radical (unpaired) electrons. The second-order valence-electron chi connectivity index (χ2n) is 22.0. The van der Waals surface area contributed by atoms with Crippen LogP contribution in [0.1, 0.15) is 125 Å². The number of aliphatic hydroxyl groups is 2. The summed E-state index contributed by atoms with van der Waals surface area (Å²) in [5.74, 6) is -12.3. The molecule has 488 valence electrons. The van der Waals surface area contributed by atoms with Crippen molar-refractivity contribution in [3.8, 4) is 0 Å². The molecule has 1 fully saturated rings. The van der Waals surface area contributed by atoms with Crippen molar-refractivity contribution in [3.63, 3.8) is 0 Å². The van der Waals surface area contributed by atoms with Crippen LogP contribution >= 0.6 is 0 Å². The van der Waals surface area contributed by atoms with Crippen molar-refractivity contribution < 1.29 is 67.7 Å². The molecule has 1 aromatic rings. The molecule has 0 spiro atoms. The zero-order valence-electron chi connectivity index (χ0n) is 51.5. The molecule has 1 aliphatic heterocycles. The average molecular weight is 1230 g/mol. The maximum Gasteiger partial charge on any atom is 0.245 e. The molecule has 14 atom stereocenters. The van der Waals surface area contributed by atoms with Crippen molar-refractivity contribution in [1.82, 2.24) is 63.8 Å². The van der Waals surface area contributed by atoms with Gasteiger partial charge in [0.2, 0.25) is 70.9 Å². The highest BCUT2D eigenvalue weighted by Crippen LogP contribution is 2.15. The summed E-state index contributed by atoms with van der Waals surface area (Å²) in [5, 5.41) is 51.8. The lowest BCUT2D eigenvalue weighted by molar-refractivity contribution is -0.137. The van der Waals surface area contributed by atoms with E-state index in [0.717, 1.165) is 5.56 Å². The number of primary amides is 1. The smallest absolute Gasteiger partial charge is 0.245 e. The van der Waals surface area contributed by atoms with Crippen LogP contribution in [0.4, 0.5) is 0 Å². The average Bonchev–Trinajstić information content (AvgIpc) is 3.26. The number of nitrogens with one attached hydrogen (secondary N) is 12. The molecular weight excluding hydrogens is 1130 g/mol. The van der Waals surface area contributed by atoms with Crippen LogP contribution in [0, 0.1) is 17.8 Å². The molecule has 1 saturated heterocycles. The van der Waals surface area contributed by atoms with Crippen LogP contribution in [0.2, 0.25) is 0 Å². The van der Waals surface area contributed by atoms with Gasteiger partial charge in [-0.1, -0.05) is 111 Å². The van der Waals surface area contributed by atoms with E-state index in [1.165, 1.54) is 6.92 Å². The van der Waals surface area contributed by atoms with E-state index in [1.807, 2.05) is 37.3 Å². The zero-order chi connectivity index (χ0) is 65.5. The van der Waals surface area contributed by atoms with Crippen molar-refractivity contribution >= 4 is 76.8 Å². The van der Waals surface area contributed by atoms with E-state index in [-0.39, 0.29) is 44.6 Å². The van der Waals surface area contributed by atoms with Crippen LogP contribution in [-0.2, 0) is 64.0 Å². The van der Waals surface area contributed by atoms with Gasteiger partial charge >= 0.3 is 0 Å². The van der Waals surface area contributed by atoms with Gasteiger partial charge in [-0.05, 0) is 69.4 Å². The van der Waals surface area contributed by atoms with Crippen molar-refractivity contribution in [2.24, 2.45) is 39.9 Å². The fourth-order valence-electron chi connectivity index (χ4n) is 8.98. The van der Waals surface area contributed by atoms with E-state index in [9.17, 15) is 67.7 Å².